The normalized spacial score (nSPS) is 19.3. The van der Waals surface area contributed by atoms with E-state index in [1.54, 1.807) is 0 Å². The lowest BCUT2D eigenvalue weighted by atomic mass is 9.80. The topological polar surface area (TPSA) is 44.1 Å². The van der Waals surface area contributed by atoms with Gasteiger partial charge in [-0.1, -0.05) is 25.7 Å². The molecule has 1 saturated carbocycles. The van der Waals surface area contributed by atoms with Crippen LogP contribution in [0.1, 0.15) is 45.4 Å². The summed E-state index contributed by atoms with van der Waals surface area (Å²) in [4.78, 5) is 13.1. The average molecular weight is 276 g/mol. The van der Waals surface area contributed by atoms with Gasteiger partial charge in [-0.2, -0.15) is 18.4 Å². The Hall–Kier alpha value is -1.25. The maximum Gasteiger partial charge on any atom is 0.406 e. The van der Waals surface area contributed by atoms with Gasteiger partial charge in [0.15, 0.2) is 0 Å². The molecule has 0 aromatic heterocycles. The van der Waals surface area contributed by atoms with Crippen LogP contribution in [0.2, 0.25) is 0 Å². The van der Waals surface area contributed by atoms with E-state index >= 15 is 0 Å². The number of nitrogens with zero attached hydrogens (tertiary/aromatic N) is 2. The van der Waals surface area contributed by atoms with Crippen LogP contribution in [0.3, 0.4) is 0 Å². The highest BCUT2D eigenvalue weighted by Crippen LogP contribution is 2.36. The van der Waals surface area contributed by atoms with Gasteiger partial charge in [-0.3, -0.25) is 4.79 Å². The predicted octanol–water partition coefficient (Wildman–Crippen LogP) is 3.26. The molecule has 0 aromatic rings. The van der Waals surface area contributed by atoms with Crippen molar-refractivity contribution in [3.05, 3.63) is 0 Å². The molecule has 1 rings (SSSR count). The van der Waals surface area contributed by atoms with Gasteiger partial charge in [-0.15, -0.1) is 0 Å². The third-order valence-electron chi connectivity index (χ3n) is 3.62. The van der Waals surface area contributed by atoms with Gasteiger partial charge in [0.1, 0.15) is 12.0 Å². The highest BCUT2D eigenvalue weighted by molar-refractivity contribution is 5.85. The predicted molar refractivity (Wildman–Crippen MR) is 64.1 cm³/mol. The Labute approximate surface area is 111 Å². The second-order valence-corrected chi connectivity index (χ2v) is 5.04. The van der Waals surface area contributed by atoms with Gasteiger partial charge in [0.2, 0.25) is 5.91 Å². The first-order valence-electron chi connectivity index (χ1n) is 6.62. The molecule has 1 amide bonds. The summed E-state index contributed by atoms with van der Waals surface area (Å²) in [6.45, 7) is 0.207. The molecule has 0 spiro atoms. The molecule has 0 unspecified atom stereocenters. The quantitative estimate of drug-likeness (QED) is 0.743. The Bertz CT molecular complexity index is 352. The van der Waals surface area contributed by atoms with Gasteiger partial charge in [0.25, 0.3) is 0 Å². The van der Waals surface area contributed by atoms with Gasteiger partial charge in [0.05, 0.1) is 6.07 Å². The van der Waals surface area contributed by atoms with E-state index in [2.05, 4.69) is 0 Å². The van der Waals surface area contributed by atoms with Gasteiger partial charge >= 0.3 is 6.18 Å². The third-order valence-corrected chi connectivity index (χ3v) is 3.62. The first kappa shape index (κ1) is 15.8. The summed E-state index contributed by atoms with van der Waals surface area (Å²) in [6.07, 6.45) is -0.365. The summed E-state index contributed by atoms with van der Waals surface area (Å²) in [6, 6.07) is 2.00. The maximum absolute atomic E-state index is 12.5. The molecule has 3 nitrogen and oxygen atoms in total. The van der Waals surface area contributed by atoms with Crippen molar-refractivity contribution in [2.24, 2.45) is 5.41 Å². The minimum atomic E-state index is -4.42. The molecule has 6 heteroatoms. The number of hydrogen-bond donors (Lipinski definition) is 0. The number of nitriles is 1. The second-order valence-electron chi connectivity index (χ2n) is 5.04. The molecule has 0 heterocycles. The molecule has 0 N–H and O–H groups in total. The lowest BCUT2D eigenvalue weighted by Crippen LogP contribution is -2.47. The van der Waals surface area contributed by atoms with E-state index in [-0.39, 0.29) is 6.54 Å². The smallest absolute Gasteiger partial charge is 0.332 e. The van der Waals surface area contributed by atoms with Crippen molar-refractivity contribution >= 4 is 5.91 Å². The Morgan fingerprint density at radius 1 is 1.26 bits per heavy atom. The van der Waals surface area contributed by atoms with Crippen molar-refractivity contribution in [3.63, 3.8) is 0 Å². The van der Waals surface area contributed by atoms with Crippen LogP contribution >= 0.6 is 0 Å². The molecule has 0 atom stereocenters. The molecule has 0 radical (unpaired) electrons. The van der Waals surface area contributed by atoms with E-state index in [0.717, 1.165) is 30.6 Å². The highest BCUT2D eigenvalue weighted by Gasteiger charge is 2.44. The van der Waals surface area contributed by atoms with Crippen molar-refractivity contribution in [1.82, 2.24) is 4.90 Å². The number of carbonyl (C=O) groups is 1. The van der Waals surface area contributed by atoms with Crippen molar-refractivity contribution in [2.75, 3.05) is 13.1 Å². The van der Waals surface area contributed by atoms with E-state index in [1.807, 2.05) is 6.07 Å². The fourth-order valence-corrected chi connectivity index (χ4v) is 2.55. The van der Waals surface area contributed by atoms with Crippen molar-refractivity contribution < 1.29 is 18.0 Å². The fraction of sp³-hybridized carbons (Fsp3) is 0.846. The van der Waals surface area contributed by atoms with Crippen LogP contribution in [-0.2, 0) is 4.79 Å². The molecule has 0 saturated heterocycles. The molecule has 1 aliphatic carbocycles. The Morgan fingerprint density at radius 2 is 1.79 bits per heavy atom. The zero-order valence-corrected chi connectivity index (χ0v) is 11.1. The monoisotopic (exact) mass is 276 g/mol. The lowest BCUT2D eigenvalue weighted by molar-refractivity contribution is -0.166. The summed E-state index contributed by atoms with van der Waals surface area (Å²) in [5, 5.41) is 9.30. The van der Waals surface area contributed by atoms with E-state index in [4.69, 9.17) is 0 Å². The highest BCUT2D eigenvalue weighted by atomic mass is 19.4. The largest absolute Gasteiger partial charge is 0.406 e. The number of carbonyl (C=O) groups excluding carboxylic acids is 1. The van der Waals surface area contributed by atoms with Crippen molar-refractivity contribution in [1.29, 1.82) is 5.26 Å². The first-order valence-corrected chi connectivity index (χ1v) is 6.62. The van der Waals surface area contributed by atoms with E-state index in [9.17, 15) is 23.2 Å². The number of halogens is 3. The number of alkyl halides is 3. The van der Waals surface area contributed by atoms with Gasteiger partial charge < -0.3 is 4.90 Å². The third kappa shape index (κ3) is 4.12. The number of amides is 1. The summed E-state index contributed by atoms with van der Waals surface area (Å²) < 4.78 is 37.4. The van der Waals surface area contributed by atoms with E-state index in [0.29, 0.717) is 12.8 Å². The zero-order chi connectivity index (χ0) is 14.5. The first-order chi connectivity index (χ1) is 8.84. The maximum atomic E-state index is 12.5. The van der Waals surface area contributed by atoms with Crippen molar-refractivity contribution in [3.8, 4) is 6.07 Å². The number of hydrogen-bond acceptors (Lipinski definition) is 2. The summed E-state index contributed by atoms with van der Waals surface area (Å²) >= 11 is 0. The Morgan fingerprint density at radius 3 is 2.16 bits per heavy atom. The van der Waals surface area contributed by atoms with Gasteiger partial charge in [-0.25, -0.2) is 0 Å². The molecular formula is C13H19F3N2O. The minimum absolute atomic E-state index is 0.0260. The molecule has 0 aliphatic heterocycles. The van der Waals surface area contributed by atoms with Crippen LogP contribution < -0.4 is 0 Å². The molecular weight excluding hydrogens is 257 g/mol. The van der Waals surface area contributed by atoms with Gasteiger partial charge in [-0.05, 0) is 19.8 Å². The van der Waals surface area contributed by atoms with Gasteiger partial charge in [0, 0.05) is 6.54 Å². The molecule has 0 aromatic carbocycles. The summed E-state index contributed by atoms with van der Waals surface area (Å²) in [5.74, 6) is -0.656. The van der Waals surface area contributed by atoms with Crippen LogP contribution in [0, 0.1) is 16.7 Å². The lowest BCUT2D eigenvalue weighted by Gasteiger charge is -2.31. The molecule has 108 valence electrons. The van der Waals surface area contributed by atoms with Crippen molar-refractivity contribution in [2.45, 2.75) is 51.6 Å². The van der Waals surface area contributed by atoms with Crippen LogP contribution in [0.15, 0.2) is 0 Å². The molecule has 0 bridgehead atoms. The Kier molecular flexibility index (Phi) is 5.21. The second kappa shape index (κ2) is 6.27. The minimum Gasteiger partial charge on any atom is -0.332 e. The van der Waals surface area contributed by atoms with E-state index < -0.39 is 24.0 Å². The fourth-order valence-electron chi connectivity index (χ4n) is 2.55. The summed E-state index contributed by atoms with van der Waals surface area (Å²) in [7, 11) is 0. The van der Waals surface area contributed by atoms with Crippen LogP contribution in [0.4, 0.5) is 13.2 Å². The van der Waals surface area contributed by atoms with Crippen LogP contribution in [-0.4, -0.2) is 30.1 Å². The van der Waals surface area contributed by atoms with Crippen LogP contribution in [0.5, 0.6) is 0 Å². The summed E-state index contributed by atoms with van der Waals surface area (Å²) in [5.41, 5.74) is -1.25. The standard InChI is InChI=1S/C13H19F3N2O/c1-2-18(10-13(14,15)16)11(19)12(9-17)7-5-3-4-6-8-12/h2-8,10H2,1H3. The SMILES string of the molecule is CCN(CC(F)(F)F)C(=O)C1(C#N)CCCCCC1. The molecule has 19 heavy (non-hydrogen) atoms. The Balaban J connectivity index is 2.89. The zero-order valence-electron chi connectivity index (χ0n) is 11.1. The number of rotatable bonds is 3. The van der Waals surface area contributed by atoms with E-state index in [1.165, 1.54) is 6.92 Å². The molecule has 1 fully saturated rings. The average Bonchev–Trinajstić information content (AvgIpc) is 2.60. The molecule has 1 aliphatic rings. The van der Waals surface area contributed by atoms with Crippen LogP contribution in [0.25, 0.3) is 0 Å².